The molecule has 2 rings (SSSR count). The van der Waals surface area contributed by atoms with Gasteiger partial charge in [-0.2, -0.15) is 15.0 Å². The Morgan fingerprint density at radius 1 is 1.21 bits per heavy atom. The lowest BCUT2D eigenvalue weighted by Crippen LogP contribution is -2.44. The summed E-state index contributed by atoms with van der Waals surface area (Å²) in [5, 5.41) is 6.39. The van der Waals surface area contributed by atoms with Crippen molar-refractivity contribution in [2.24, 2.45) is 0 Å². The van der Waals surface area contributed by atoms with Crippen LogP contribution in [-0.4, -0.2) is 33.6 Å². The van der Waals surface area contributed by atoms with Crippen LogP contribution < -0.4 is 15.4 Å². The van der Waals surface area contributed by atoms with E-state index in [4.69, 9.17) is 4.74 Å². The van der Waals surface area contributed by atoms with Gasteiger partial charge in [-0.1, -0.05) is 6.92 Å². The zero-order valence-electron chi connectivity index (χ0n) is 12.2. The lowest BCUT2D eigenvalue weighted by atomic mass is 9.75. The van der Waals surface area contributed by atoms with Gasteiger partial charge in [-0.05, 0) is 39.5 Å². The van der Waals surface area contributed by atoms with Crippen LogP contribution in [0.1, 0.15) is 46.5 Å². The Labute approximate surface area is 114 Å². The van der Waals surface area contributed by atoms with Crippen molar-refractivity contribution in [2.45, 2.75) is 58.1 Å². The Morgan fingerprint density at radius 3 is 2.37 bits per heavy atom. The van der Waals surface area contributed by atoms with Gasteiger partial charge in [0.2, 0.25) is 11.9 Å². The van der Waals surface area contributed by atoms with E-state index in [1.165, 1.54) is 19.3 Å². The van der Waals surface area contributed by atoms with Gasteiger partial charge >= 0.3 is 6.01 Å². The molecule has 1 aromatic rings. The third kappa shape index (κ3) is 3.24. The molecule has 1 aliphatic rings. The zero-order chi connectivity index (χ0) is 13.9. The number of rotatable bonds is 6. The summed E-state index contributed by atoms with van der Waals surface area (Å²) in [4.78, 5) is 12.9. The average Bonchev–Trinajstić information content (AvgIpc) is 2.32. The van der Waals surface area contributed by atoms with Crippen molar-refractivity contribution in [3.05, 3.63) is 0 Å². The van der Waals surface area contributed by atoms with Gasteiger partial charge in [-0.15, -0.1) is 0 Å². The Hall–Kier alpha value is -1.59. The summed E-state index contributed by atoms with van der Waals surface area (Å²) in [5.74, 6) is 1.12. The largest absolute Gasteiger partial charge is 0.461 e. The molecule has 0 bridgehead atoms. The minimum Gasteiger partial charge on any atom is -0.461 e. The van der Waals surface area contributed by atoms with Crippen LogP contribution in [0.2, 0.25) is 0 Å². The monoisotopic (exact) mass is 265 g/mol. The molecule has 0 radical (unpaired) electrons. The van der Waals surface area contributed by atoms with Crippen molar-refractivity contribution in [1.29, 1.82) is 0 Å². The highest BCUT2D eigenvalue weighted by Crippen LogP contribution is 2.37. The third-order valence-corrected chi connectivity index (χ3v) is 3.54. The second-order valence-corrected chi connectivity index (χ2v) is 5.29. The van der Waals surface area contributed by atoms with Crippen LogP contribution in [0.3, 0.4) is 0 Å². The molecule has 1 saturated carbocycles. The van der Waals surface area contributed by atoms with E-state index < -0.39 is 0 Å². The molecule has 0 aliphatic heterocycles. The highest BCUT2D eigenvalue weighted by atomic mass is 16.5. The minimum absolute atomic E-state index is 0.0452. The Balaban J connectivity index is 2.18. The molecule has 1 aromatic heterocycles. The van der Waals surface area contributed by atoms with Gasteiger partial charge < -0.3 is 15.4 Å². The van der Waals surface area contributed by atoms with E-state index in [-0.39, 0.29) is 11.6 Å². The van der Waals surface area contributed by atoms with Crippen LogP contribution in [0.25, 0.3) is 0 Å². The van der Waals surface area contributed by atoms with E-state index in [0.29, 0.717) is 17.9 Å². The molecule has 0 atom stereocenters. The summed E-state index contributed by atoms with van der Waals surface area (Å²) in [6.07, 6.45) is 4.73. The van der Waals surface area contributed by atoms with E-state index in [2.05, 4.69) is 32.5 Å². The van der Waals surface area contributed by atoms with Gasteiger partial charge in [-0.3, -0.25) is 0 Å². The number of nitrogens with zero attached hydrogens (tertiary/aromatic N) is 3. The molecule has 1 aliphatic carbocycles. The fourth-order valence-electron chi connectivity index (χ4n) is 2.20. The molecule has 1 heterocycles. The van der Waals surface area contributed by atoms with E-state index in [0.717, 1.165) is 6.42 Å². The summed E-state index contributed by atoms with van der Waals surface area (Å²) in [7, 11) is 1.79. The number of anilines is 2. The molecule has 0 amide bonds. The molecule has 106 valence electrons. The molecule has 1 fully saturated rings. The first-order valence-corrected chi connectivity index (χ1v) is 6.95. The lowest BCUT2D eigenvalue weighted by molar-refractivity contribution is 0.221. The fraction of sp³-hybridized carbons (Fsp3) is 0.769. The SMILES string of the molecule is CCC1(Nc2nc(NC)nc(OC(C)C)n2)CCC1. The van der Waals surface area contributed by atoms with Crippen LogP contribution >= 0.6 is 0 Å². The summed E-state index contributed by atoms with van der Waals surface area (Å²) >= 11 is 0. The van der Waals surface area contributed by atoms with Crippen LogP contribution in [0, 0.1) is 0 Å². The van der Waals surface area contributed by atoms with Gasteiger partial charge in [0.25, 0.3) is 0 Å². The lowest BCUT2D eigenvalue weighted by Gasteiger charge is -2.41. The highest BCUT2D eigenvalue weighted by Gasteiger charge is 2.35. The molecule has 0 spiro atoms. The van der Waals surface area contributed by atoms with Gasteiger partial charge in [0, 0.05) is 12.6 Å². The molecule has 0 aromatic carbocycles. The van der Waals surface area contributed by atoms with Crippen LogP contribution in [0.5, 0.6) is 6.01 Å². The van der Waals surface area contributed by atoms with Crippen molar-refractivity contribution in [3.8, 4) is 6.01 Å². The maximum absolute atomic E-state index is 5.55. The van der Waals surface area contributed by atoms with Crippen LogP contribution in [0.15, 0.2) is 0 Å². The average molecular weight is 265 g/mol. The second kappa shape index (κ2) is 5.59. The first kappa shape index (κ1) is 13.8. The molecule has 0 saturated heterocycles. The topological polar surface area (TPSA) is 72.0 Å². The molecule has 0 unspecified atom stereocenters. The first-order valence-electron chi connectivity index (χ1n) is 6.95. The summed E-state index contributed by atoms with van der Waals surface area (Å²) in [5.41, 5.74) is 0.154. The van der Waals surface area contributed by atoms with Gasteiger partial charge in [0.15, 0.2) is 0 Å². The first-order chi connectivity index (χ1) is 9.07. The van der Waals surface area contributed by atoms with E-state index in [9.17, 15) is 0 Å². The number of nitrogens with one attached hydrogen (secondary N) is 2. The molecular weight excluding hydrogens is 242 g/mol. The van der Waals surface area contributed by atoms with Crippen molar-refractivity contribution in [3.63, 3.8) is 0 Å². The van der Waals surface area contributed by atoms with E-state index >= 15 is 0 Å². The Morgan fingerprint density at radius 2 is 1.89 bits per heavy atom. The van der Waals surface area contributed by atoms with Gasteiger partial charge in [0.1, 0.15) is 0 Å². The molecule has 19 heavy (non-hydrogen) atoms. The maximum Gasteiger partial charge on any atom is 0.323 e. The van der Waals surface area contributed by atoms with E-state index in [1.807, 2.05) is 13.8 Å². The standard InChI is InChI=1S/C13H23N5O/c1-5-13(7-6-8-13)18-11-15-10(14-4)16-12(17-11)19-9(2)3/h9H,5-8H2,1-4H3,(H2,14,15,16,17,18). The number of hydrogen-bond acceptors (Lipinski definition) is 6. The Kier molecular flexibility index (Phi) is 4.07. The summed E-state index contributed by atoms with van der Waals surface area (Å²) in [6.45, 7) is 6.10. The predicted octanol–water partition coefficient (Wildman–Crippen LogP) is 2.45. The van der Waals surface area contributed by atoms with Crippen molar-refractivity contribution >= 4 is 11.9 Å². The van der Waals surface area contributed by atoms with Crippen LogP contribution in [-0.2, 0) is 0 Å². The zero-order valence-corrected chi connectivity index (χ0v) is 12.2. The molecular formula is C13H23N5O. The van der Waals surface area contributed by atoms with Crippen molar-refractivity contribution < 1.29 is 4.74 Å². The number of aromatic nitrogens is 3. The van der Waals surface area contributed by atoms with Crippen molar-refractivity contribution in [2.75, 3.05) is 17.7 Å². The highest BCUT2D eigenvalue weighted by molar-refractivity contribution is 5.38. The van der Waals surface area contributed by atoms with Gasteiger partial charge in [0.05, 0.1) is 6.10 Å². The minimum atomic E-state index is 0.0452. The molecule has 6 heteroatoms. The van der Waals surface area contributed by atoms with Crippen molar-refractivity contribution in [1.82, 2.24) is 15.0 Å². The van der Waals surface area contributed by atoms with Gasteiger partial charge in [-0.25, -0.2) is 0 Å². The predicted molar refractivity (Wildman–Crippen MR) is 75.6 cm³/mol. The third-order valence-electron chi connectivity index (χ3n) is 3.54. The number of hydrogen-bond donors (Lipinski definition) is 2. The smallest absolute Gasteiger partial charge is 0.323 e. The summed E-state index contributed by atoms with van der Waals surface area (Å²) in [6, 6.07) is 0.363. The maximum atomic E-state index is 5.55. The number of ether oxygens (including phenoxy) is 1. The normalized spacial score (nSPS) is 16.9. The Bertz CT molecular complexity index is 426. The summed E-state index contributed by atoms with van der Waals surface area (Å²) < 4.78 is 5.55. The molecule has 6 nitrogen and oxygen atoms in total. The fourth-order valence-corrected chi connectivity index (χ4v) is 2.20. The quantitative estimate of drug-likeness (QED) is 0.823. The van der Waals surface area contributed by atoms with E-state index in [1.54, 1.807) is 7.05 Å². The van der Waals surface area contributed by atoms with Crippen LogP contribution in [0.4, 0.5) is 11.9 Å². The molecule has 2 N–H and O–H groups in total. The second-order valence-electron chi connectivity index (χ2n) is 5.29.